The molecule has 5 heteroatoms. The molecule has 0 heterocycles. The van der Waals surface area contributed by atoms with Crippen LogP contribution >= 0.6 is 0 Å². The van der Waals surface area contributed by atoms with Crippen molar-refractivity contribution in [2.75, 3.05) is 12.3 Å². The van der Waals surface area contributed by atoms with Crippen molar-refractivity contribution in [2.45, 2.75) is 11.3 Å². The molecule has 0 saturated carbocycles. The van der Waals surface area contributed by atoms with Gasteiger partial charge in [-0.15, -0.1) is 0 Å². The zero-order valence-corrected chi connectivity index (χ0v) is 8.32. The molecule has 0 spiro atoms. The summed E-state index contributed by atoms with van der Waals surface area (Å²) in [5, 5.41) is 0. The summed E-state index contributed by atoms with van der Waals surface area (Å²) in [6.45, 7) is 0.411. The fourth-order valence-corrected chi connectivity index (χ4v) is 2.13. The SMILES string of the molecule is NCCCS(=O)c1ccc(F)cc1F. The minimum atomic E-state index is -1.42. The molecule has 1 aromatic rings. The van der Waals surface area contributed by atoms with Crippen LogP contribution in [0.25, 0.3) is 0 Å². The molecule has 2 nitrogen and oxygen atoms in total. The second kappa shape index (κ2) is 5.17. The maximum atomic E-state index is 13.1. The summed E-state index contributed by atoms with van der Waals surface area (Å²) in [7, 11) is -1.42. The molecule has 1 atom stereocenters. The first-order valence-electron chi connectivity index (χ1n) is 4.18. The first kappa shape index (κ1) is 11.3. The first-order chi connectivity index (χ1) is 6.65. The van der Waals surface area contributed by atoms with Gasteiger partial charge in [0.15, 0.2) is 0 Å². The summed E-state index contributed by atoms with van der Waals surface area (Å²) in [5.41, 5.74) is 5.23. The zero-order valence-electron chi connectivity index (χ0n) is 7.50. The number of hydrogen-bond acceptors (Lipinski definition) is 2. The van der Waals surface area contributed by atoms with Crippen LogP contribution in [0.15, 0.2) is 23.1 Å². The molecule has 0 aromatic heterocycles. The van der Waals surface area contributed by atoms with E-state index in [1.54, 1.807) is 0 Å². The largest absolute Gasteiger partial charge is 0.330 e. The van der Waals surface area contributed by atoms with Crippen LogP contribution in [0.4, 0.5) is 8.78 Å². The van der Waals surface area contributed by atoms with Crippen LogP contribution in [0.5, 0.6) is 0 Å². The zero-order chi connectivity index (χ0) is 10.6. The van der Waals surface area contributed by atoms with Crippen molar-refractivity contribution < 1.29 is 13.0 Å². The summed E-state index contributed by atoms with van der Waals surface area (Å²) < 4.78 is 37.0. The molecule has 0 aliphatic carbocycles. The van der Waals surface area contributed by atoms with Gasteiger partial charge in [-0.05, 0) is 25.1 Å². The second-order valence-electron chi connectivity index (χ2n) is 2.77. The minimum absolute atomic E-state index is 0.0415. The Kier molecular flexibility index (Phi) is 4.16. The van der Waals surface area contributed by atoms with Crippen molar-refractivity contribution in [3.63, 3.8) is 0 Å². The summed E-state index contributed by atoms with van der Waals surface area (Å²) in [6, 6.07) is 3.03. The Balaban J connectivity index is 2.80. The third-order valence-corrected chi connectivity index (χ3v) is 3.15. The highest BCUT2D eigenvalue weighted by Crippen LogP contribution is 2.14. The van der Waals surface area contributed by atoms with E-state index in [2.05, 4.69) is 0 Å². The molecule has 78 valence electrons. The average molecular weight is 219 g/mol. The Bertz CT molecular complexity index is 344. The number of halogens is 2. The van der Waals surface area contributed by atoms with Gasteiger partial charge in [-0.1, -0.05) is 0 Å². The summed E-state index contributed by atoms with van der Waals surface area (Å²) >= 11 is 0. The molecule has 0 radical (unpaired) electrons. The lowest BCUT2D eigenvalue weighted by atomic mass is 10.3. The fraction of sp³-hybridized carbons (Fsp3) is 0.333. The Morgan fingerprint density at radius 3 is 2.64 bits per heavy atom. The quantitative estimate of drug-likeness (QED) is 0.832. The normalized spacial score (nSPS) is 12.8. The highest BCUT2D eigenvalue weighted by Gasteiger charge is 2.09. The molecule has 1 unspecified atom stereocenters. The topological polar surface area (TPSA) is 43.1 Å². The van der Waals surface area contributed by atoms with Crippen LogP contribution in [-0.2, 0) is 10.8 Å². The lowest BCUT2D eigenvalue weighted by Crippen LogP contribution is -2.07. The molecule has 0 amide bonds. The molecule has 0 bridgehead atoms. The van der Waals surface area contributed by atoms with Crippen molar-refractivity contribution in [1.82, 2.24) is 0 Å². The molecule has 0 aliphatic rings. The third-order valence-electron chi connectivity index (χ3n) is 1.67. The van der Waals surface area contributed by atoms with Gasteiger partial charge in [-0.2, -0.15) is 0 Å². The van der Waals surface area contributed by atoms with Crippen LogP contribution < -0.4 is 5.73 Å². The summed E-state index contributed by atoms with van der Waals surface area (Å²) in [5.74, 6) is -1.12. The van der Waals surface area contributed by atoms with E-state index in [0.717, 1.165) is 12.1 Å². The number of nitrogens with two attached hydrogens (primary N) is 1. The molecule has 0 fully saturated rings. The van der Waals surface area contributed by atoms with Crippen LogP contribution in [0.1, 0.15) is 6.42 Å². The predicted molar refractivity (Wildman–Crippen MR) is 51.3 cm³/mol. The van der Waals surface area contributed by atoms with E-state index >= 15 is 0 Å². The van der Waals surface area contributed by atoms with Gasteiger partial charge in [-0.3, -0.25) is 4.21 Å². The molecular formula is C9H11F2NOS. The van der Waals surface area contributed by atoms with E-state index in [-0.39, 0.29) is 4.90 Å². The van der Waals surface area contributed by atoms with Crippen molar-refractivity contribution in [3.05, 3.63) is 29.8 Å². The molecular weight excluding hydrogens is 208 g/mol. The molecule has 0 aliphatic heterocycles. The van der Waals surface area contributed by atoms with Crippen molar-refractivity contribution in [2.24, 2.45) is 5.73 Å². The first-order valence-corrected chi connectivity index (χ1v) is 5.50. The fourth-order valence-electron chi connectivity index (χ4n) is 0.984. The van der Waals surface area contributed by atoms with Gasteiger partial charge in [0.1, 0.15) is 11.6 Å². The van der Waals surface area contributed by atoms with Crippen LogP contribution in [0.2, 0.25) is 0 Å². The van der Waals surface area contributed by atoms with E-state index in [0.29, 0.717) is 18.7 Å². The number of benzene rings is 1. The van der Waals surface area contributed by atoms with E-state index < -0.39 is 22.4 Å². The van der Waals surface area contributed by atoms with Crippen LogP contribution in [0, 0.1) is 11.6 Å². The Hall–Kier alpha value is -0.810. The second-order valence-corrected chi connectivity index (χ2v) is 4.31. The van der Waals surface area contributed by atoms with Gasteiger partial charge in [-0.25, -0.2) is 8.78 Å². The highest BCUT2D eigenvalue weighted by molar-refractivity contribution is 7.85. The predicted octanol–water partition coefficient (Wildman–Crippen LogP) is 1.42. The maximum absolute atomic E-state index is 13.1. The van der Waals surface area contributed by atoms with E-state index in [1.165, 1.54) is 6.07 Å². The lowest BCUT2D eigenvalue weighted by molar-refractivity contribution is 0.562. The Morgan fingerprint density at radius 1 is 1.36 bits per heavy atom. The Morgan fingerprint density at radius 2 is 2.07 bits per heavy atom. The van der Waals surface area contributed by atoms with E-state index in [4.69, 9.17) is 5.73 Å². The van der Waals surface area contributed by atoms with Gasteiger partial charge in [0.2, 0.25) is 0 Å². The van der Waals surface area contributed by atoms with Crippen LogP contribution in [0.3, 0.4) is 0 Å². The van der Waals surface area contributed by atoms with Gasteiger partial charge in [0.05, 0.1) is 15.7 Å². The monoisotopic (exact) mass is 219 g/mol. The molecule has 0 saturated heterocycles. The molecule has 2 N–H and O–H groups in total. The van der Waals surface area contributed by atoms with Gasteiger partial charge in [0, 0.05) is 11.8 Å². The number of rotatable bonds is 4. The highest BCUT2D eigenvalue weighted by atomic mass is 32.2. The van der Waals surface area contributed by atoms with Crippen molar-refractivity contribution >= 4 is 10.8 Å². The van der Waals surface area contributed by atoms with E-state index in [9.17, 15) is 13.0 Å². The summed E-state index contributed by atoms with van der Waals surface area (Å²) in [6.07, 6.45) is 0.559. The minimum Gasteiger partial charge on any atom is -0.330 e. The lowest BCUT2D eigenvalue weighted by Gasteiger charge is -2.02. The third kappa shape index (κ3) is 2.85. The maximum Gasteiger partial charge on any atom is 0.142 e. The average Bonchev–Trinajstić information content (AvgIpc) is 2.14. The summed E-state index contributed by atoms with van der Waals surface area (Å²) in [4.78, 5) is 0.0415. The molecule has 14 heavy (non-hydrogen) atoms. The van der Waals surface area contributed by atoms with Gasteiger partial charge >= 0.3 is 0 Å². The molecule has 1 aromatic carbocycles. The van der Waals surface area contributed by atoms with Gasteiger partial charge in [0.25, 0.3) is 0 Å². The van der Waals surface area contributed by atoms with Crippen molar-refractivity contribution in [3.8, 4) is 0 Å². The molecule has 1 rings (SSSR count). The Labute approximate surface area is 83.6 Å². The smallest absolute Gasteiger partial charge is 0.142 e. The van der Waals surface area contributed by atoms with Crippen molar-refractivity contribution in [1.29, 1.82) is 0 Å². The number of hydrogen-bond donors (Lipinski definition) is 1. The van der Waals surface area contributed by atoms with Gasteiger partial charge < -0.3 is 5.73 Å². The standard InChI is InChI=1S/C9H11F2NOS/c10-7-2-3-9(8(11)6-7)14(13)5-1-4-12/h2-3,6H,1,4-5,12H2. The van der Waals surface area contributed by atoms with Crippen LogP contribution in [-0.4, -0.2) is 16.5 Å². The van der Waals surface area contributed by atoms with E-state index in [1.807, 2.05) is 0 Å².